The Labute approximate surface area is 122 Å². The van der Waals surface area contributed by atoms with E-state index in [1.807, 2.05) is 0 Å². The Morgan fingerprint density at radius 2 is 1.30 bits per heavy atom. The Morgan fingerprint density at radius 3 is 1.80 bits per heavy atom. The molecule has 0 amide bonds. The van der Waals surface area contributed by atoms with Crippen LogP contribution in [0.25, 0.3) is 0 Å². The molecule has 2 fully saturated rings. The second-order valence-electron chi connectivity index (χ2n) is 7.10. The quantitative estimate of drug-likeness (QED) is 0.640. The molecule has 2 nitrogen and oxygen atoms in total. The second kappa shape index (κ2) is 4.72. The highest BCUT2D eigenvalue weighted by atomic mass is 32.2. The zero-order valence-electron chi connectivity index (χ0n) is 11.9. The minimum Gasteiger partial charge on any atom is -0.228 e. The van der Waals surface area contributed by atoms with Crippen LogP contribution in [-0.4, -0.2) is 18.9 Å². The maximum atomic E-state index is 13.0. The van der Waals surface area contributed by atoms with E-state index in [9.17, 15) is 8.42 Å². The minimum absolute atomic E-state index is 0.0380. The summed E-state index contributed by atoms with van der Waals surface area (Å²) in [4.78, 5) is 0. The van der Waals surface area contributed by atoms with Crippen LogP contribution in [-0.2, 0) is 9.84 Å². The van der Waals surface area contributed by atoms with E-state index in [0.29, 0.717) is 23.7 Å². The Hall–Kier alpha value is -0.570. The third-order valence-corrected chi connectivity index (χ3v) is 8.95. The summed E-state index contributed by atoms with van der Waals surface area (Å²) >= 11 is 0. The molecule has 0 unspecified atom stereocenters. The minimum atomic E-state index is -2.90. The van der Waals surface area contributed by atoms with Gasteiger partial charge in [0.15, 0.2) is 9.84 Å². The van der Waals surface area contributed by atoms with Gasteiger partial charge in [0, 0.05) is 0 Å². The fourth-order valence-electron chi connectivity index (χ4n) is 5.45. The Balaban J connectivity index is 1.83. The number of rotatable bonds is 0. The van der Waals surface area contributed by atoms with E-state index >= 15 is 0 Å². The Morgan fingerprint density at radius 1 is 0.800 bits per heavy atom. The predicted molar refractivity (Wildman–Crippen MR) is 81.1 cm³/mol. The van der Waals surface area contributed by atoms with E-state index in [2.05, 4.69) is 24.3 Å². The summed E-state index contributed by atoms with van der Waals surface area (Å²) in [5, 5.41) is -0.0760. The first-order chi connectivity index (χ1) is 9.69. The molecule has 0 spiro atoms. The molecule has 3 heteroatoms. The highest BCUT2D eigenvalue weighted by Crippen LogP contribution is 2.57. The van der Waals surface area contributed by atoms with E-state index < -0.39 is 9.84 Å². The van der Waals surface area contributed by atoms with Crippen LogP contribution in [0, 0.1) is 23.7 Å². The topological polar surface area (TPSA) is 34.1 Å². The maximum absolute atomic E-state index is 13.0. The van der Waals surface area contributed by atoms with Gasteiger partial charge < -0.3 is 0 Å². The summed E-state index contributed by atoms with van der Waals surface area (Å²) in [7, 11) is -2.90. The van der Waals surface area contributed by atoms with Crippen LogP contribution in [0.4, 0.5) is 0 Å². The van der Waals surface area contributed by atoms with E-state index in [0.717, 1.165) is 38.5 Å². The van der Waals surface area contributed by atoms with Crippen molar-refractivity contribution in [2.45, 2.75) is 55.4 Å². The standard InChI is InChI=1S/C17H24O2S/c18-20(19)14-9-5-1-3-7-12-11-13-8-4-2-6-10-15(20)17(13)16(12)14/h3-4,7-8,12-17H,1-2,5-6,9-11H2/b7-3-,8-4-/t12-,13+,14+,15-,16+,17-. The monoisotopic (exact) mass is 292 g/mol. The van der Waals surface area contributed by atoms with Gasteiger partial charge in [0.05, 0.1) is 10.5 Å². The highest BCUT2D eigenvalue weighted by molar-refractivity contribution is 7.93. The van der Waals surface area contributed by atoms with Crippen LogP contribution in [0.3, 0.4) is 0 Å². The van der Waals surface area contributed by atoms with Crippen LogP contribution in [0.1, 0.15) is 44.9 Å². The van der Waals surface area contributed by atoms with Crippen molar-refractivity contribution in [1.29, 1.82) is 0 Å². The molecule has 0 bridgehead atoms. The van der Waals surface area contributed by atoms with Crippen molar-refractivity contribution >= 4 is 9.84 Å². The average molecular weight is 292 g/mol. The van der Waals surface area contributed by atoms with Gasteiger partial charge in [-0.05, 0) is 68.6 Å². The van der Waals surface area contributed by atoms with Crippen molar-refractivity contribution < 1.29 is 8.42 Å². The summed E-state index contributed by atoms with van der Waals surface area (Å²) in [5.41, 5.74) is 0. The van der Waals surface area contributed by atoms with E-state index in [4.69, 9.17) is 0 Å². The van der Waals surface area contributed by atoms with E-state index in [-0.39, 0.29) is 10.5 Å². The number of sulfone groups is 1. The molecule has 1 saturated carbocycles. The second-order valence-corrected chi connectivity index (χ2v) is 9.49. The lowest BCUT2D eigenvalue weighted by Crippen LogP contribution is -2.29. The van der Waals surface area contributed by atoms with Crippen LogP contribution in [0.15, 0.2) is 24.3 Å². The van der Waals surface area contributed by atoms with Crippen molar-refractivity contribution in [2.75, 3.05) is 0 Å². The van der Waals surface area contributed by atoms with Crippen LogP contribution >= 0.6 is 0 Å². The van der Waals surface area contributed by atoms with Crippen molar-refractivity contribution in [3.8, 4) is 0 Å². The molecule has 3 aliphatic carbocycles. The molecular weight excluding hydrogens is 268 g/mol. The first-order valence-corrected chi connectivity index (χ1v) is 9.86. The Kier molecular flexibility index (Phi) is 3.10. The molecule has 0 N–H and O–H groups in total. The lowest BCUT2D eigenvalue weighted by molar-refractivity contribution is 0.310. The summed E-state index contributed by atoms with van der Waals surface area (Å²) in [5.74, 6) is 1.85. The summed E-state index contributed by atoms with van der Waals surface area (Å²) < 4.78 is 26.0. The molecule has 110 valence electrons. The normalized spacial score (nSPS) is 52.2. The average Bonchev–Trinajstić information content (AvgIpc) is 2.75. The van der Waals surface area contributed by atoms with Crippen LogP contribution < -0.4 is 0 Å². The molecule has 4 aliphatic rings. The summed E-state index contributed by atoms with van der Waals surface area (Å²) in [6.07, 6.45) is 16.5. The molecular formula is C17H24O2S. The summed E-state index contributed by atoms with van der Waals surface area (Å²) in [6.45, 7) is 0. The van der Waals surface area contributed by atoms with Crippen molar-refractivity contribution in [3.63, 3.8) is 0 Å². The SMILES string of the molecule is O=S1(=O)[C@@H]2CCC/C=C\[C@H]3C[C@H]4/C=C\CCC[C@H]1[C@H]4[C@@H]23. The van der Waals surface area contributed by atoms with Crippen molar-refractivity contribution in [3.05, 3.63) is 24.3 Å². The van der Waals surface area contributed by atoms with Gasteiger partial charge in [0.1, 0.15) is 0 Å². The highest BCUT2D eigenvalue weighted by Gasteiger charge is 2.60. The van der Waals surface area contributed by atoms with Gasteiger partial charge in [-0.3, -0.25) is 0 Å². The van der Waals surface area contributed by atoms with E-state index in [1.165, 1.54) is 6.42 Å². The van der Waals surface area contributed by atoms with Crippen LogP contribution in [0.2, 0.25) is 0 Å². The molecule has 1 saturated heterocycles. The number of allylic oxidation sites excluding steroid dienone is 4. The molecule has 0 aromatic carbocycles. The van der Waals surface area contributed by atoms with Gasteiger partial charge in [0.2, 0.25) is 0 Å². The van der Waals surface area contributed by atoms with Crippen molar-refractivity contribution in [2.24, 2.45) is 23.7 Å². The lowest BCUT2D eigenvalue weighted by Gasteiger charge is -2.24. The molecule has 20 heavy (non-hydrogen) atoms. The van der Waals surface area contributed by atoms with Gasteiger partial charge in [-0.1, -0.05) is 24.3 Å². The maximum Gasteiger partial charge on any atom is 0.156 e. The molecule has 0 aromatic heterocycles. The van der Waals surface area contributed by atoms with Gasteiger partial charge in [-0.15, -0.1) is 0 Å². The Bertz CT molecular complexity index is 503. The van der Waals surface area contributed by atoms with Gasteiger partial charge in [-0.25, -0.2) is 8.42 Å². The zero-order valence-corrected chi connectivity index (χ0v) is 12.8. The predicted octanol–water partition coefficient (Wildman–Crippen LogP) is 3.50. The molecule has 4 rings (SSSR count). The third kappa shape index (κ3) is 1.78. The molecule has 1 aliphatic heterocycles. The smallest absolute Gasteiger partial charge is 0.156 e. The molecule has 0 radical (unpaired) electrons. The van der Waals surface area contributed by atoms with Gasteiger partial charge >= 0.3 is 0 Å². The fourth-order valence-corrected chi connectivity index (χ4v) is 8.53. The zero-order chi connectivity index (χ0) is 13.7. The number of hydrogen-bond acceptors (Lipinski definition) is 2. The first-order valence-electron chi connectivity index (χ1n) is 8.25. The van der Waals surface area contributed by atoms with Crippen molar-refractivity contribution in [1.82, 2.24) is 0 Å². The molecule has 6 atom stereocenters. The number of hydrogen-bond donors (Lipinski definition) is 0. The molecule has 1 heterocycles. The first kappa shape index (κ1) is 13.1. The summed E-state index contributed by atoms with van der Waals surface area (Å²) in [6, 6.07) is 0. The third-order valence-electron chi connectivity index (χ3n) is 6.17. The fraction of sp³-hybridized carbons (Fsp3) is 0.765. The van der Waals surface area contributed by atoms with E-state index in [1.54, 1.807) is 0 Å². The largest absolute Gasteiger partial charge is 0.228 e. The molecule has 0 aromatic rings. The van der Waals surface area contributed by atoms with Gasteiger partial charge in [0.25, 0.3) is 0 Å². The van der Waals surface area contributed by atoms with Gasteiger partial charge in [-0.2, -0.15) is 0 Å². The van der Waals surface area contributed by atoms with Crippen LogP contribution in [0.5, 0.6) is 0 Å². The lowest BCUT2D eigenvalue weighted by atomic mass is 9.78.